The van der Waals surface area contributed by atoms with Crippen molar-refractivity contribution in [2.45, 2.75) is 52.1 Å². The van der Waals surface area contributed by atoms with Crippen molar-refractivity contribution in [2.24, 2.45) is 0 Å². The summed E-state index contributed by atoms with van der Waals surface area (Å²) in [5.41, 5.74) is 1.17. The number of alkyl carbamates (subject to hydrolysis) is 1. The van der Waals surface area contributed by atoms with Crippen LogP contribution >= 0.6 is 11.3 Å². The van der Waals surface area contributed by atoms with Crippen LogP contribution in [0.5, 0.6) is 6.01 Å². The maximum Gasteiger partial charge on any atom is 0.416 e. The lowest BCUT2D eigenvalue weighted by atomic mass is 9.95. The van der Waals surface area contributed by atoms with Crippen LogP contribution in [0.15, 0.2) is 61.1 Å². The van der Waals surface area contributed by atoms with Gasteiger partial charge >= 0.3 is 18.3 Å². The third-order valence-electron chi connectivity index (χ3n) is 6.12. The standard InChI is InChI=1S/C30H30F3N5O4S/c1-17(38-25(39)24-16-34-26(43-24)21-14-35-27(41-5)36-15-21)18-6-8-19(9-7-18)23-12-22(30(31,32)33)11-10-20(23)13-37-28(40)42-29(2,3)4/h6-12,14-17H,13H2,1-5H3,(H,37,40)(H,38,39)/t17-/m1/s1. The third kappa shape index (κ3) is 8.28. The van der Waals surface area contributed by atoms with E-state index < -0.39 is 29.5 Å². The van der Waals surface area contributed by atoms with Crippen LogP contribution in [0.4, 0.5) is 18.0 Å². The Morgan fingerprint density at radius 1 is 0.953 bits per heavy atom. The number of nitrogens with one attached hydrogen (secondary N) is 2. The molecule has 1 atom stereocenters. The Balaban J connectivity index is 1.48. The van der Waals surface area contributed by atoms with Gasteiger partial charge in [0.25, 0.3) is 5.91 Å². The molecule has 2 amide bonds. The Morgan fingerprint density at radius 2 is 1.63 bits per heavy atom. The van der Waals surface area contributed by atoms with Crippen LogP contribution in [0.2, 0.25) is 0 Å². The van der Waals surface area contributed by atoms with Gasteiger partial charge < -0.3 is 20.1 Å². The van der Waals surface area contributed by atoms with E-state index in [1.807, 2.05) is 0 Å². The summed E-state index contributed by atoms with van der Waals surface area (Å²) in [4.78, 5) is 37.8. The molecule has 9 nitrogen and oxygen atoms in total. The first-order valence-electron chi connectivity index (χ1n) is 13.1. The van der Waals surface area contributed by atoms with E-state index in [2.05, 4.69) is 25.6 Å². The highest BCUT2D eigenvalue weighted by Crippen LogP contribution is 2.35. The van der Waals surface area contributed by atoms with Crippen molar-refractivity contribution in [1.29, 1.82) is 0 Å². The molecule has 0 aliphatic heterocycles. The fourth-order valence-corrected chi connectivity index (χ4v) is 4.80. The van der Waals surface area contributed by atoms with Crippen LogP contribution in [0.25, 0.3) is 21.7 Å². The lowest BCUT2D eigenvalue weighted by molar-refractivity contribution is -0.137. The van der Waals surface area contributed by atoms with Crippen molar-refractivity contribution in [2.75, 3.05) is 7.11 Å². The second kappa shape index (κ2) is 12.8. The van der Waals surface area contributed by atoms with Gasteiger partial charge in [0, 0.05) is 24.5 Å². The molecule has 0 fully saturated rings. The zero-order valence-electron chi connectivity index (χ0n) is 24.1. The largest absolute Gasteiger partial charge is 0.467 e. The minimum atomic E-state index is -4.54. The Hall–Kier alpha value is -4.52. The van der Waals surface area contributed by atoms with E-state index in [0.29, 0.717) is 32.1 Å². The molecule has 0 aliphatic carbocycles. The number of benzene rings is 2. The van der Waals surface area contributed by atoms with Gasteiger partial charge in [-0.3, -0.25) is 4.79 Å². The van der Waals surface area contributed by atoms with Crippen LogP contribution < -0.4 is 15.4 Å². The van der Waals surface area contributed by atoms with E-state index in [1.54, 1.807) is 64.4 Å². The van der Waals surface area contributed by atoms with Crippen molar-refractivity contribution in [3.05, 3.63) is 82.6 Å². The molecular weight excluding hydrogens is 583 g/mol. The number of alkyl halides is 3. The SMILES string of the molecule is COc1ncc(-c2ncc(C(=O)N[C@H](C)c3ccc(-c4cc(C(F)(F)F)ccc4CNC(=O)OC(C)(C)C)cc3)s2)cn1. The molecule has 4 rings (SSSR count). The van der Waals surface area contributed by atoms with Gasteiger partial charge in [-0.05, 0) is 62.1 Å². The van der Waals surface area contributed by atoms with Gasteiger partial charge in [0.1, 0.15) is 15.5 Å². The maximum atomic E-state index is 13.5. The van der Waals surface area contributed by atoms with Gasteiger partial charge in [-0.15, -0.1) is 11.3 Å². The van der Waals surface area contributed by atoms with Crippen LogP contribution in [0.3, 0.4) is 0 Å². The Bertz CT molecular complexity index is 1580. The van der Waals surface area contributed by atoms with Crippen LogP contribution in [-0.2, 0) is 17.5 Å². The first-order valence-corrected chi connectivity index (χ1v) is 14.0. The Kier molecular flexibility index (Phi) is 9.34. The summed E-state index contributed by atoms with van der Waals surface area (Å²) in [7, 11) is 1.46. The van der Waals surface area contributed by atoms with Gasteiger partial charge in [-0.1, -0.05) is 30.3 Å². The Labute approximate surface area is 250 Å². The van der Waals surface area contributed by atoms with Crippen LogP contribution in [-0.4, -0.2) is 39.7 Å². The molecule has 13 heteroatoms. The number of hydrogen-bond donors (Lipinski definition) is 2. The first-order chi connectivity index (χ1) is 20.2. The number of thiazole rings is 1. The van der Waals surface area contributed by atoms with E-state index >= 15 is 0 Å². The summed E-state index contributed by atoms with van der Waals surface area (Å²) in [6.45, 7) is 6.91. The van der Waals surface area contributed by atoms with Crippen molar-refractivity contribution >= 4 is 23.3 Å². The average Bonchev–Trinajstić information content (AvgIpc) is 3.45. The normalized spacial score (nSPS) is 12.4. The first kappa shape index (κ1) is 31.4. The smallest absolute Gasteiger partial charge is 0.416 e. The zero-order chi connectivity index (χ0) is 31.4. The van der Waals surface area contributed by atoms with Gasteiger partial charge in [-0.25, -0.2) is 19.7 Å². The fourth-order valence-electron chi connectivity index (χ4n) is 4.00. The van der Waals surface area contributed by atoms with Crippen LogP contribution in [0, 0.1) is 0 Å². The molecule has 0 saturated heterocycles. The molecule has 2 aromatic heterocycles. The monoisotopic (exact) mass is 613 g/mol. The number of rotatable bonds is 8. The Morgan fingerprint density at radius 3 is 2.23 bits per heavy atom. The zero-order valence-corrected chi connectivity index (χ0v) is 24.9. The number of nitrogens with zero attached hydrogens (tertiary/aromatic N) is 3. The molecule has 2 aromatic carbocycles. The summed E-state index contributed by atoms with van der Waals surface area (Å²) in [5.74, 6) is -0.330. The summed E-state index contributed by atoms with van der Waals surface area (Å²) >= 11 is 1.18. The topological polar surface area (TPSA) is 115 Å². The number of amides is 2. The van der Waals surface area contributed by atoms with Gasteiger partial charge in [0.2, 0.25) is 0 Å². The van der Waals surface area contributed by atoms with E-state index in [0.717, 1.165) is 17.7 Å². The number of halogens is 3. The molecule has 0 bridgehead atoms. The second-order valence-corrected chi connectivity index (χ2v) is 11.6. The van der Waals surface area contributed by atoms with Crippen molar-refractivity contribution < 1.29 is 32.2 Å². The molecule has 2 heterocycles. The molecule has 0 unspecified atom stereocenters. The number of carbonyl (C=O) groups excluding carboxylic acids is 2. The minimum Gasteiger partial charge on any atom is -0.467 e. The highest BCUT2D eigenvalue weighted by Gasteiger charge is 2.31. The number of carbonyl (C=O) groups is 2. The fraction of sp³-hybridized carbons (Fsp3) is 0.300. The molecule has 43 heavy (non-hydrogen) atoms. The van der Waals surface area contributed by atoms with Crippen molar-refractivity contribution in [1.82, 2.24) is 25.6 Å². The lowest BCUT2D eigenvalue weighted by Crippen LogP contribution is -2.32. The summed E-state index contributed by atoms with van der Waals surface area (Å²) < 4.78 is 50.8. The van der Waals surface area contributed by atoms with E-state index in [1.165, 1.54) is 30.7 Å². The molecule has 0 aliphatic rings. The molecule has 0 spiro atoms. The van der Waals surface area contributed by atoms with Gasteiger partial charge in [0.15, 0.2) is 0 Å². The predicted molar refractivity (Wildman–Crippen MR) is 156 cm³/mol. The minimum absolute atomic E-state index is 0.0317. The molecule has 0 radical (unpaired) electrons. The van der Waals surface area contributed by atoms with Crippen LogP contribution in [0.1, 0.15) is 60.1 Å². The molecule has 2 N–H and O–H groups in total. The summed E-state index contributed by atoms with van der Waals surface area (Å²) in [6.07, 6.45) is -0.638. The van der Waals surface area contributed by atoms with E-state index in [9.17, 15) is 22.8 Å². The number of aromatic nitrogens is 3. The predicted octanol–water partition coefficient (Wildman–Crippen LogP) is 6.81. The third-order valence-corrected chi connectivity index (χ3v) is 7.16. The summed E-state index contributed by atoms with van der Waals surface area (Å²) in [6, 6.07) is 10.0. The van der Waals surface area contributed by atoms with E-state index in [4.69, 9.17) is 9.47 Å². The molecule has 0 saturated carbocycles. The number of hydrogen-bond acceptors (Lipinski definition) is 8. The van der Waals surface area contributed by atoms with Gasteiger partial charge in [0.05, 0.1) is 24.9 Å². The lowest BCUT2D eigenvalue weighted by Gasteiger charge is -2.20. The van der Waals surface area contributed by atoms with Crippen molar-refractivity contribution in [3.8, 4) is 27.7 Å². The molecule has 4 aromatic rings. The quantitative estimate of drug-likeness (QED) is 0.224. The summed E-state index contributed by atoms with van der Waals surface area (Å²) in [5, 5.41) is 6.09. The number of ether oxygens (including phenoxy) is 2. The maximum absolute atomic E-state index is 13.5. The number of methoxy groups -OCH3 is 1. The molecule has 226 valence electrons. The average molecular weight is 614 g/mol. The van der Waals surface area contributed by atoms with E-state index in [-0.39, 0.29) is 18.5 Å². The van der Waals surface area contributed by atoms with Crippen molar-refractivity contribution in [3.63, 3.8) is 0 Å². The van der Waals surface area contributed by atoms with Gasteiger partial charge in [-0.2, -0.15) is 13.2 Å². The highest BCUT2D eigenvalue weighted by molar-refractivity contribution is 7.16. The molecular formula is C30H30F3N5O4S. The highest BCUT2D eigenvalue weighted by atomic mass is 32.1. The second-order valence-electron chi connectivity index (χ2n) is 10.5.